The second-order valence-corrected chi connectivity index (χ2v) is 8.23. The fourth-order valence-electron chi connectivity index (χ4n) is 3.32. The normalized spacial score (nSPS) is 13.4. The number of imide groups is 1. The smallest absolute Gasteiger partial charge is 0.283 e. The van der Waals surface area contributed by atoms with Crippen LogP contribution in [0, 0.1) is 0 Å². The molecule has 172 valence electrons. The zero-order chi connectivity index (χ0) is 24.4. The molecule has 34 heavy (non-hydrogen) atoms. The van der Waals surface area contributed by atoms with Crippen LogP contribution in [0.15, 0.2) is 77.5 Å². The van der Waals surface area contributed by atoms with Gasteiger partial charge in [0.2, 0.25) is 0 Å². The lowest BCUT2D eigenvalue weighted by Crippen LogP contribution is -2.32. The van der Waals surface area contributed by atoms with Crippen molar-refractivity contribution >= 4 is 69.6 Å². The maximum atomic E-state index is 13.0. The van der Waals surface area contributed by atoms with E-state index in [9.17, 15) is 14.4 Å². The van der Waals surface area contributed by atoms with Gasteiger partial charge in [0.05, 0.1) is 28.5 Å². The summed E-state index contributed by atoms with van der Waals surface area (Å²) in [5.41, 5.74) is 1.15. The van der Waals surface area contributed by atoms with E-state index in [1.165, 1.54) is 25.3 Å². The van der Waals surface area contributed by atoms with Gasteiger partial charge in [-0.1, -0.05) is 59.1 Å². The summed E-state index contributed by atoms with van der Waals surface area (Å²) in [6, 6.07) is 18.0. The van der Waals surface area contributed by atoms with Gasteiger partial charge >= 0.3 is 0 Å². The zero-order valence-electron chi connectivity index (χ0n) is 17.6. The van der Waals surface area contributed by atoms with E-state index in [2.05, 4.69) is 10.6 Å². The number of para-hydroxylation sites is 2. The van der Waals surface area contributed by atoms with Crippen molar-refractivity contribution in [2.75, 3.05) is 22.6 Å². The molecule has 2 N–H and O–H groups in total. The minimum atomic E-state index is -0.747. The number of carbonyl (C=O) groups excluding carboxylic acids is 3. The van der Waals surface area contributed by atoms with E-state index in [0.717, 1.165) is 4.90 Å². The number of nitrogens with zero attached hydrogens (tertiary/aromatic N) is 1. The number of methoxy groups -OCH3 is 1. The number of amides is 3. The van der Waals surface area contributed by atoms with Crippen LogP contribution < -0.4 is 20.3 Å². The molecule has 3 aromatic carbocycles. The number of hydrogen-bond donors (Lipinski definition) is 2. The predicted octanol–water partition coefficient (Wildman–Crippen LogP) is 5.69. The lowest BCUT2D eigenvalue weighted by Gasteiger charge is -2.17. The van der Waals surface area contributed by atoms with Crippen LogP contribution in [0.4, 0.5) is 17.1 Å². The van der Waals surface area contributed by atoms with Gasteiger partial charge in [-0.25, -0.2) is 4.90 Å². The van der Waals surface area contributed by atoms with Crippen molar-refractivity contribution in [2.24, 2.45) is 0 Å². The van der Waals surface area contributed by atoms with Gasteiger partial charge in [-0.2, -0.15) is 0 Å². The lowest BCUT2D eigenvalue weighted by molar-refractivity contribution is -0.120. The topological polar surface area (TPSA) is 87.7 Å². The van der Waals surface area contributed by atoms with Gasteiger partial charge in [0, 0.05) is 11.3 Å². The molecule has 4 rings (SSSR count). The van der Waals surface area contributed by atoms with E-state index in [4.69, 9.17) is 39.5 Å². The number of carbonyl (C=O) groups is 3. The number of ether oxygens (including phenoxy) is 1. The first kappa shape index (κ1) is 23.6. The minimum absolute atomic E-state index is 0.0478. The summed E-state index contributed by atoms with van der Waals surface area (Å²) in [5.74, 6) is -1.34. The summed E-state index contributed by atoms with van der Waals surface area (Å²) in [6.07, 6.45) is 0. The molecule has 0 bridgehead atoms. The predicted molar refractivity (Wildman–Crippen MR) is 133 cm³/mol. The number of halogens is 3. The third-order valence-electron chi connectivity index (χ3n) is 4.95. The molecule has 0 spiro atoms. The summed E-state index contributed by atoms with van der Waals surface area (Å²) in [6.45, 7) is 0. The van der Waals surface area contributed by atoms with Crippen molar-refractivity contribution in [1.82, 2.24) is 0 Å². The van der Waals surface area contributed by atoms with E-state index < -0.39 is 17.7 Å². The Morgan fingerprint density at radius 3 is 2.41 bits per heavy atom. The van der Waals surface area contributed by atoms with Crippen LogP contribution in [-0.4, -0.2) is 24.8 Å². The van der Waals surface area contributed by atoms with E-state index in [1.54, 1.807) is 48.5 Å². The lowest BCUT2D eigenvalue weighted by atomic mass is 10.1. The second-order valence-electron chi connectivity index (χ2n) is 7.07. The van der Waals surface area contributed by atoms with Crippen molar-refractivity contribution in [3.05, 3.63) is 93.1 Å². The number of hydrogen-bond acceptors (Lipinski definition) is 5. The molecule has 0 atom stereocenters. The van der Waals surface area contributed by atoms with Crippen molar-refractivity contribution in [3.63, 3.8) is 0 Å². The molecule has 3 aromatic rings. The first-order valence-electron chi connectivity index (χ1n) is 9.86. The Hall–Kier alpha value is -3.52. The number of rotatable bonds is 6. The van der Waals surface area contributed by atoms with Gasteiger partial charge in [0.1, 0.15) is 16.5 Å². The van der Waals surface area contributed by atoms with Crippen LogP contribution in [-0.2, 0) is 9.59 Å². The third-order valence-corrected chi connectivity index (χ3v) is 6.11. The monoisotopic (exact) mass is 515 g/mol. The molecule has 0 unspecified atom stereocenters. The quantitative estimate of drug-likeness (QED) is 0.411. The summed E-state index contributed by atoms with van der Waals surface area (Å²) in [4.78, 5) is 39.4. The molecule has 1 heterocycles. The fourth-order valence-corrected chi connectivity index (χ4v) is 3.91. The zero-order valence-corrected chi connectivity index (χ0v) is 19.8. The van der Waals surface area contributed by atoms with Crippen molar-refractivity contribution < 1.29 is 19.1 Å². The van der Waals surface area contributed by atoms with Crippen molar-refractivity contribution in [3.8, 4) is 5.75 Å². The average molecular weight is 517 g/mol. The van der Waals surface area contributed by atoms with Gasteiger partial charge < -0.3 is 15.4 Å². The summed E-state index contributed by atoms with van der Waals surface area (Å²) < 4.78 is 5.25. The molecule has 0 fully saturated rings. The highest BCUT2D eigenvalue weighted by Gasteiger charge is 2.40. The molecular formula is C24H16Cl3N3O4. The van der Waals surface area contributed by atoms with Gasteiger partial charge in [-0.05, 0) is 42.5 Å². The molecule has 0 radical (unpaired) electrons. The maximum absolute atomic E-state index is 13.0. The van der Waals surface area contributed by atoms with Crippen LogP contribution in [0.3, 0.4) is 0 Å². The number of anilines is 3. The van der Waals surface area contributed by atoms with Crippen molar-refractivity contribution in [1.29, 1.82) is 0 Å². The highest BCUT2D eigenvalue weighted by Crippen LogP contribution is 2.37. The van der Waals surface area contributed by atoms with Crippen LogP contribution in [0.1, 0.15) is 10.4 Å². The largest absolute Gasteiger partial charge is 0.495 e. The summed E-state index contributed by atoms with van der Waals surface area (Å²) >= 11 is 18.4. The van der Waals surface area contributed by atoms with E-state index >= 15 is 0 Å². The molecule has 1 aliphatic heterocycles. The highest BCUT2D eigenvalue weighted by atomic mass is 35.5. The Labute approximate surface area is 209 Å². The molecule has 10 heteroatoms. The number of benzene rings is 3. The Bertz CT molecular complexity index is 1360. The summed E-state index contributed by atoms with van der Waals surface area (Å²) in [7, 11) is 1.51. The van der Waals surface area contributed by atoms with E-state index in [-0.39, 0.29) is 26.5 Å². The molecule has 3 amide bonds. The van der Waals surface area contributed by atoms with Crippen LogP contribution in [0.25, 0.3) is 0 Å². The van der Waals surface area contributed by atoms with E-state index in [1.807, 2.05) is 0 Å². The Morgan fingerprint density at radius 2 is 1.65 bits per heavy atom. The molecule has 7 nitrogen and oxygen atoms in total. The van der Waals surface area contributed by atoms with Gasteiger partial charge in [-0.15, -0.1) is 0 Å². The third kappa shape index (κ3) is 4.46. The Kier molecular flexibility index (Phi) is 6.79. The SMILES string of the molecule is COc1ccccc1NC(=O)c1cccc(NC2=C(Cl)C(=O)N(c3cccc(Cl)c3Cl)C2=O)c1. The highest BCUT2D eigenvalue weighted by molar-refractivity contribution is 6.54. The van der Waals surface area contributed by atoms with Gasteiger partial charge in [0.15, 0.2) is 0 Å². The summed E-state index contributed by atoms with van der Waals surface area (Å²) in [5, 5.41) is 5.54. The minimum Gasteiger partial charge on any atom is -0.495 e. The Morgan fingerprint density at radius 1 is 0.912 bits per heavy atom. The number of nitrogens with one attached hydrogen (secondary N) is 2. The molecule has 0 saturated carbocycles. The molecule has 0 aromatic heterocycles. The second kappa shape index (κ2) is 9.77. The molecule has 0 saturated heterocycles. The maximum Gasteiger partial charge on any atom is 0.283 e. The fraction of sp³-hybridized carbons (Fsp3) is 0.0417. The van der Waals surface area contributed by atoms with Crippen LogP contribution in [0.5, 0.6) is 5.75 Å². The van der Waals surface area contributed by atoms with Crippen molar-refractivity contribution in [2.45, 2.75) is 0 Å². The van der Waals surface area contributed by atoms with Gasteiger partial charge in [-0.3, -0.25) is 14.4 Å². The molecule has 0 aliphatic carbocycles. The van der Waals surface area contributed by atoms with Gasteiger partial charge in [0.25, 0.3) is 17.7 Å². The first-order valence-corrected chi connectivity index (χ1v) is 11.0. The van der Waals surface area contributed by atoms with E-state index in [0.29, 0.717) is 22.7 Å². The first-order chi connectivity index (χ1) is 16.3. The molecule has 1 aliphatic rings. The molecular weight excluding hydrogens is 501 g/mol. The van der Waals surface area contributed by atoms with Crippen LogP contribution >= 0.6 is 34.8 Å². The standard InChI is InChI=1S/C24H16Cl3N3O4/c1-34-18-11-3-2-9-16(18)29-22(31)13-6-4-7-14(12-13)28-21-20(27)23(32)30(24(21)33)17-10-5-8-15(25)19(17)26/h2-12,28H,1H3,(H,29,31). The average Bonchev–Trinajstić information content (AvgIpc) is 3.04. The van der Waals surface area contributed by atoms with Crippen LogP contribution in [0.2, 0.25) is 10.0 Å². The Balaban J connectivity index is 1.57.